The first-order chi connectivity index (χ1) is 17.5. The number of ketones is 1. The number of fused-ring (bicyclic) bond motifs is 1. The lowest BCUT2D eigenvalue weighted by atomic mass is 9.98. The minimum atomic E-state index is -1.05. The van der Waals surface area contributed by atoms with Crippen molar-refractivity contribution in [3.63, 3.8) is 0 Å². The molecule has 3 N–H and O–H groups in total. The number of benzene rings is 2. The first kappa shape index (κ1) is 25.0. The minimum absolute atomic E-state index is 0.0310. The van der Waals surface area contributed by atoms with Crippen LogP contribution < -0.4 is 10.0 Å². The third-order valence-corrected chi connectivity index (χ3v) is 6.05. The highest BCUT2D eigenvalue weighted by molar-refractivity contribution is 7.81. The summed E-state index contributed by atoms with van der Waals surface area (Å²) in [6.45, 7) is 2.50. The predicted octanol–water partition coefficient (Wildman–Crippen LogP) is 5.05. The van der Waals surface area contributed by atoms with Gasteiger partial charge in [-0.15, -0.1) is 0 Å². The molecule has 0 amide bonds. The summed E-state index contributed by atoms with van der Waals surface area (Å²) in [7, 11) is 0. The summed E-state index contributed by atoms with van der Waals surface area (Å²) >= 11 is 3.76. The van der Waals surface area contributed by atoms with Gasteiger partial charge in [0.25, 0.3) is 0 Å². The standard InChI is InChI=1S/C22H12F2N4O2S.C4H9N/c23-17-3-4-18(28-31)20(24)19(17)21(30)16-9-27-22-15(16)6-14(8-26-22)11-1-2-12(10-29)13(5-11)7-25;1-2-4-5-3-1/h1-6,8-10,28,31H,(H,26,27);5H,1-4H2. The third-order valence-electron chi connectivity index (χ3n) is 5.81. The molecule has 7 nitrogen and oxygen atoms in total. The molecule has 0 aliphatic carbocycles. The molecular formula is C26H21F2N5O2S. The molecule has 182 valence electrons. The molecule has 3 heterocycles. The van der Waals surface area contributed by atoms with Crippen LogP contribution in [0.3, 0.4) is 0 Å². The number of pyridine rings is 1. The molecule has 1 saturated heterocycles. The third kappa shape index (κ3) is 4.98. The summed E-state index contributed by atoms with van der Waals surface area (Å²) in [4.78, 5) is 31.1. The maximum Gasteiger partial charge on any atom is 0.201 e. The van der Waals surface area contributed by atoms with Gasteiger partial charge in [0, 0.05) is 34.5 Å². The van der Waals surface area contributed by atoms with Gasteiger partial charge in [-0.25, -0.2) is 13.8 Å². The number of hydrogen-bond donors (Lipinski definition) is 4. The highest BCUT2D eigenvalue weighted by Crippen LogP contribution is 2.30. The van der Waals surface area contributed by atoms with Gasteiger partial charge in [-0.2, -0.15) is 5.26 Å². The summed E-state index contributed by atoms with van der Waals surface area (Å²) in [5.41, 5.74) is 1.12. The number of nitriles is 1. The van der Waals surface area contributed by atoms with Gasteiger partial charge in [0.2, 0.25) is 5.78 Å². The van der Waals surface area contributed by atoms with Crippen LogP contribution in [0.1, 0.15) is 44.7 Å². The highest BCUT2D eigenvalue weighted by atomic mass is 32.1. The van der Waals surface area contributed by atoms with Gasteiger partial charge in [-0.1, -0.05) is 18.9 Å². The van der Waals surface area contributed by atoms with Crippen molar-refractivity contribution >= 4 is 41.6 Å². The molecule has 0 saturated carbocycles. The molecule has 1 aliphatic heterocycles. The second kappa shape index (κ2) is 11.1. The van der Waals surface area contributed by atoms with Crippen molar-refractivity contribution in [2.75, 3.05) is 17.8 Å². The number of nitrogens with one attached hydrogen (secondary N) is 3. The first-order valence-corrected chi connectivity index (χ1v) is 11.5. The second-order valence-corrected chi connectivity index (χ2v) is 8.26. The lowest BCUT2D eigenvalue weighted by Gasteiger charge is -2.08. The van der Waals surface area contributed by atoms with E-state index < -0.39 is 23.0 Å². The number of thiol groups is 1. The molecule has 1 fully saturated rings. The van der Waals surface area contributed by atoms with E-state index in [0.29, 0.717) is 28.4 Å². The van der Waals surface area contributed by atoms with Crippen LogP contribution >= 0.6 is 12.8 Å². The topological polar surface area (TPSA) is 111 Å². The molecular weight excluding hydrogens is 484 g/mol. The van der Waals surface area contributed by atoms with E-state index in [-0.39, 0.29) is 22.4 Å². The van der Waals surface area contributed by atoms with Gasteiger partial charge in [0.15, 0.2) is 12.1 Å². The quantitative estimate of drug-likeness (QED) is 0.172. The number of aldehydes is 1. The van der Waals surface area contributed by atoms with Crippen molar-refractivity contribution in [3.05, 3.63) is 82.7 Å². The number of carbonyl (C=O) groups is 2. The summed E-state index contributed by atoms with van der Waals surface area (Å²) in [5.74, 6) is -2.92. The lowest BCUT2D eigenvalue weighted by Crippen LogP contribution is -2.08. The fourth-order valence-corrected chi connectivity index (χ4v) is 4.06. The number of carbonyl (C=O) groups excluding carboxylic acids is 2. The smallest absolute Gasteiger partial charge is 0.201 e. The minimum Gasteiger partial charge on any atom is -0.345 e. The summed E-state index contributed by atoms with van der Waals surface area (Å²) in [6.07, 6.45) is 6.22. The van der Waals surface area contributed by atoms with Crippen LogP contribution in [0.5, 0.6) is 0 Å². The van der Waals surface area contributed by atoms with E-state index in [1.54, 1.807) is 12.1 Å². The van der Waals surface area contributed by atoms with Crippen LogP contribution in [0, 0.1) is 23.0 Å². The highest BCUT2D eigenvalue weighted by Gasteiger charge is 2.24. The fourth-order valence-electron chi connectivity index (χ4n) is 3.89. The van der Waals surface area contributed by atoms with Gasteiger partial charge in [-0.3, -0.25) is 9.59 Å². The van der Waals surface area contributed by atoms with Crippen molar-refractivity contribution in [1.82, 2.24) is 15.3 Å². The molecule has 0 unspecified atom stereocenters. The van der Waals surface area contributed by atoms with Crippen LogP contribution in [0.2, 0.25) is 0 Å². The number of halogens is 2. The van der Waals surface area contributed by atoms with Crippen molar-refractivity contribution in [2.45, 2.75) is 12.8 Å². The molecule has 2 aromatic carbocycles. The zero-order valence-corrected chi connectivity index (χ0v) is 19.8. The fraction of sp³-hybridized carbons (Fsp3) is 0.154. The number of aromatic amines is 1. The number of aromatic nitrogens is 2. The monoisotopic (exact) mass is 505 g/mol. The Morgan fingerprint density at radius 2 is 1.92 bits per heavy atom. The molecule has 0 spiro atoms. The van der Waals surface area contributed by atoms with Crippen LogP contribution in [-0.4, -0.2) is 35.1 Å². The average Bonchev–Trinajstić information content (AvgIpc) is 3.61. The Hall–Kier alpha value is -4.07. The van der Waals surface area contributed by atoms with E-state index >= 15 is 0 Å². The maximum atomic E-state index is 14.6. The molecule has 10 heteroatoms. The Bertz CT molecular complexity index is 1480. The Morgan fingerprint density at radius 1 is 1.14 bits per heavy atom. The Morgan fingerprint density at radius 3 is 2.56 bits per heavy atom. The Labute approximate surface area is 211 Å². The number of nitrogens with zero attached hydrogens (tertiary/aromatic N) is 2. The van der Waals surface area contributed by atoms with E-state index in [0.717, 1.165) is 12.1 Å². The van der Waals surface area contributed by atoms with E-state index in [1.807, 2.05) is 6.07 Å². The summed E-state index contributed by atoms with van der Waals surface area (Å²) < 4.78 is 31.2. The van der Waals surface area contributed by atoms with Crippen LogP contribution in [0.4, 0.5) is 14.5 Å². The lowest BCUT2D eigenvalue weighted by molar-refractivity contribution is 0.103. The SMILES string of the molecule is C1CCNC1.N#Cc1cc(-c2cnc3[nH]cc(C(=O)c4c(F)ccc(NS)c4F)c3c2)ccc1C=O. The van der Waals surface area contributed by atoms with Crippen molar-refractivity contribution in [3.8, 4) is 17.2 Å². The zero-order valence-electron chi connectivity index (χ0n) is 18.9. The molecule has 0 bridgehead atoms. The number of H-pyrrole nitrogens is 1. The van der Waals surface area contributed by atoms with E-state index in [9.17, 15) is 23.6 Å². The van der Waals surface area contributed by atoms with Gasteiger partial charge in [0.05, 0.1) is 22.9 Å². The first-order valence-electron chi connectivity index (χ1n) is 11.1. The molecule has 2 aromatic heterocycles. The zero-order chi connectivity index (χ0) is 25.7. The number of anilines is 1. The van der Waals surface area contributed by atoms with Crippen molar-refractivity contribution < 1.29 is 18.4 Å². The van der Waals surface area contributed by atoms with Crippen molar-refractivity contribution in [2.24, 2.45) is 0 Å². The van der Waals surface area contributed by atoms with Gasteiger partial charge in [-0.05, 0) is 61.8 Å². The summed E-state index contributed by atoms with van der Waals surface area (Å²) in [5, 5.41) is 12.8. The molecule has 0 radical (unpaired) electrons. The molecule has 1 aliphatic rings. The largest absolute Gasteiger partial charge is 0.345 e. The molecule has 5 rings (SSSR count). The van der Waals surface area contributed by atoms with Gasteiger partial charge >= 0.3 is 0 Å². The number of rotatable bonds is 5. The van der Waals surface area contributed by atoms with Crippen LogP contribution in [-0.2, 0) is 0 Å². The van der Waals surface area contributed by atoms with E-state index in [4.69, 9.17) is 0 Å². The van der Waals surface area contributed by atoms with Crippen molar-refractivity contribution in [1.29, 1.82) is 5.26 Å². The average molecular weight is 506 g/mol. The van der Waals surface area contributed by atoms with Gasteiger partial charge < -0.3 is 15.0 Å². The molecule has 0 atom stereocenters. The predicted molar refractivity (Wildman–Crippen MR) is 136 cm³/mol. The normalized spacial score (nSPS) is 12.5. The van der Waals surface area contributed by atoms with Gasteiger partial charge in [0.1, 0.15) is 11.5 Å². The van der Waals surface area contributed by atoms with E-state index in [1.165, 1.54) is 50.5 Å². The van der Waals surface area contributed by atoms with Crippen LogP contribution in [0.15, 0.2) is 48.8 Å². The summed E-state index contributed by atoms with van der Waals surface area (Å²) in [6, 6.07) is 10.4. The second-order valence-electron chi connectivity index (χ2n) is 8.04. The van der Waals surface area contributed by atoms with E-state index in [2.05, 4.69) is 32.8 Å². The molecule has 4 aromatic rings. The number of hydrogen-bond acceptors (Lipinski definition) is 7. The molecule has 36 heavy (non-hydrogen) atoms. The van der Waals surface area contributed by atoms with Crippen LogP contribution in [0.25, 0.3) is 22.2 Å². The Kier molecular flexibility index (Phi) is 7.73. The Balaban J connectivity index is 0.000000543. The maximum absolute atomic E-state index is 14.6.